The van der Waals surface area contributed by atoms with Crippen LogP contribution < -0.4 is 5.32 Å². The normalized spacial score (nSPS) is 12.2. The Labute approximate surface area is 154 Å². The lowest BCUT2D eigenvalue weighted by molar-refractivity contribution is -0.119. The fourth-order valence-corrected chi connectivity index (χ4v) is 3.45. The van der Waals surface area contributed by atoms with Gasteiger partial charge >= 0.3 is 0 Å². The SMILES string of the molecule is CC(CCc1ccccc1)NC(=O)CSc1nc(Cl)nc2nc[nH]c12. The number of aryl methyl sites for hydroxylation is 1. The van der Waals surface area contributed by atoms with Crippen molar-refractivity contribution in [2.45, 2.75) is 30.8 Å². The molecule has 0 saturated carbocycles. The number of carbonyl (C=O) groups is 1. The lowest BCUT2D eigenvalue weighted by atomic mass is 10.1. The number of H-pyrrole nitrogens is 1. The second kappa shape index (κ2) is 8.31. The molecule has 1 aromatic carbocycles. The molecular formula is C17H18ClN5OS. The van der Waals surface area contributed by atoms with E-state index in [1.807, 2.05) is 25.1 Å². The van der Waals surface area contributed by atoms with Gasteiger partial charge in [0.15, 0.2) is 5.65 Å². The largest absolute Gasteiger partial charge is 0.353 e. The maximum Gasteiger partial charge on any atom is 0.230 e. The van der Waals surface area contributed by atoms with Crippen molar-refractivity contribution >= 4 is 40.4 Å². The van der Waals surface area contributed by atoms with Crippen LogP contribution in [0.25, 0.3) is 11.2 Å². The van der Waals surface area contributed by atoms with E-state index in [4.69, 9.17) is 11.6 Å². The number of nitrogens with zero attached hydrogens (tertiary/aromatic N) is 3. The van der Waals surface area contributed by atoms with E-state index in [-0.39, 0.29) is 23.0 Å². The fourth-order valence-electron chi connectivity index (χ4n) is 2.44. The van der Waals surface area contributed by atoms with Crippen LogP contribution in [0.2, 0.25) is 5.28 Å². The topological polar surface area (TPSA) is 83.6 Å². The lowest BCUT2D eigenvalue weighted by Gasteiger charge is -2.13. The third-order valence-electron chi connectivity index (χ3n) is 3.68. The van der Waals surface area contributed by atoms with Crippen molar-refractivity contribution in [3.05, 3.63) is 47.5 Å². The minimum absolute atomic E-state index is 0.0343. The van der Waals surface area contributed by atoms with E-state index in [0.717, 1.165) is 12.8 Å². The Morgan fingerprint density at radius 2 is 2.12 bits per heavy atom. The first-order valence-electron chi connectivity index (χ1n) is 7.94. The molecule has 3 rings (SSSR count). The van der Waals surface area contributed by atoms with Gasteiger partial charge in [-0.25, -0.2) is 9.97 Å². The third kappa shape index (κ3) is 4.93. The van der Waals surface area contributed by atoms with E-state index in [2.05, 4.69) is 37.4 Å². The van der Waals surface area contributed by atoms with E-state index in [1.54, 1.807) is 0 Å². The summed E-state index contributed by atoms with van der Waals surface area (Å²) in [5, 5.41) is 3.76. The van der Waals surface area contributed by atoms with Gasteiger partial charge in [0, 0.05) is 6.04 Å². The van der Waals surface area contributed by atoms with E-state index in [0.29, 0.717) is 16.2 Å². The van der Waals surface area contributed by atoms with Gasteiger partial charge in [-0.05, 0) is 36.9 Å². The fraction of sp³-hybridized carbons (Fsp3) is 0.294. The van der Waals surface area contributed by atoms with E-state index in [1.165, 1.54) is 23.7 Å². The van der Waals surface area contributed by atoms with Crippen LogP contribution in [0.5, 0.6) is 0 Å². The molecule has 1 amide bonds. The summed E-state index contributed by atoms with van der Waals surface area (Å²) in [4.78, 5) is 27.4. The molecule has 2 N–H and O–H groups in total. The number of imidazole rings is 1. The van der Waals surface area contributed by atoms with E-state index < -0.39 is 0 Å². The van der Waals surface area contributed by atoms with Crippen molar-refractivity contribution in [1.82, 2.24) is 25.3 Å². The summed E-state index contributed by atoms with van der Waals surface area (Å²) in [7, 11) is 0. The Hall–Kier alpha value is -2.12. The molecule has 3 aromatic rings. The number of carbonyl (C=O) groups excluding carboxylic acids is 1. The Balaban J connectivity index is 1.49. The van der Waals surface area contributed by atoms with Gasteiger partial charge in [-0.3, -0.25) is 4.79 Å². The molecule has 0 spiro atoms. The first kappa shape index (κ1) is 17.7. The summed E-state index contributed by atoms with van der Waals surface area (Å²) in [6.07, 6.45) is 3.36. The Bertz CT molecular complexity index is 855. The number of aromatic amines is 1. The zero-order valence-corrected chi connectivity index (χ0v) is 15.3. The van der Waals surface area contributed by atoms with Crippen molar-refractivity contribution in [2.24, 2.45) is 0 Å². The molecule has 0 fully saturated rings. The second-order valence-electron chi connectivity index (χ2n) is 5.68. The van der Waals surface area contributed by atoms with Gasteiger partial charge < -0.3 is 10.3 Å². The van der Waals surface area contributed by atoms with Gasteiger partial charge in [-0.15, -0.1) is 0 Å². The van der Waals surface area contributed by atoms with Crippen LogP contribution in [-0.2, 0) is 11.2 Å². The molecule has 6 nitrogen and oxygen atoms in total. The predicted molar refractivity (Wildman–Crippen MR) is 99.8 cm³/mol. The molecule has 130 valence electrons. The van der Waals surface area contributed by atoms with Gasteiger partial charge in [-0.1, -0.05) is 42.1 Å². The number of nitrogens with one attached hydrogen (secondary N) is 2. The van der Waals surface area contributed by atoms with Crippen LogP contribution in [0.15, 0.2) is 41.7 Å². The zero-order chi connectivity index (χ0) is 17.6. The number of hydrogen-bond donors (Lipinski definition) is 2. The minimum atomic E-state index is -0.0343. The summed E-state index contributed by atoms with van der Waals surface area (Å²) in [6, 6.07) is 10.4. The Morgan fingerprint density at radius 1 is 1.32 bits per heavy atom. The van der Waals surface area contributed by atoms with Crippen LogP contribution in [-0.4, -0.2) is 37.6 Å². The molecule has 0 aliphatic carbocycles. The van der Waals surface area contributed by atoms with Gasteiger partial charge in [0.2, 0.25) is 11.2 Å². The molecular weight excluding hydrogens is 358 g/mol. The van der Waals surface area contributed by atoms with Crippen LogP contribution >= 0.6 is 23.4 Å². The average Bonchev–Trinajstić information content (AvgIpc) is 3.07. The van der Waals surface area contributed by atoms with Crippen molar-refractivity contribution in [3.8, 4) is 0 Å². The van der Waals surface area contributed by atoms with Crippen LogP contribution in [0.3, 0.4) is 0 Å². The highest BCUT2D eigenvalue weighted by Gasteiger charge is 2.13. The molecule has 0 radical (unpaired) electrons. The first-order chi connectivity index (χ1) is 12.1. The lowest BCUT2D eigenvalue weighted by Crippen LogP contribution is -2.34. The highest BCUT2D eigenvalue weighted by atomic mass is 35.5. The highest BCUT2D eigenvalue weighted by molar-refractivity contribution is 8.00. The predicted octanol–water partition coefficient (Wildman–Crippen LogP) is 3.24. The molecule has 1 atom stereocenters. The van der Waals surface area contributed by atoms with Gasteiger partial charge in [-0.2, -0.15) is 4.98 Å². The summed E-state index contributed by atoms with van der Waals surface area (Å²) < 4.78 is 0. The number of fused-ring (bicyclic) bond motifs is 1. The molecule has 0 aliphatic heterocycles. The summed E-state index contributed by atoms with van der Waals surface area (Å²) in [6.45, 7) is 2.01. The maximum absolute atomic E-state index is 12.2. The van der Waals surface area contributed by atoms with Crippen LogP contribution in [0.1, 0.15) is 18.9 Å². The average molecular weight is 376 g/mol. The highest BCUT2D eigenvalue weighted by Crippen LogP contribution is 2.24. The van der Waals surface area contributed by atoms with E-state index >= 15 is 0 Å². The molecule has 0 aliphatic rings. The molecule has 0 saturated heterocycles. The number of halogens is 1. The Kier molecular flexibility index (Phi) is 5.88. The molecule has 2 aromatic heterocycles. The quantitative estimate of drug-likeness (QED) is 0.376. The molecule has 8 heteroatoms. The van der Waals surface area contributed by atoms with Crippen molar-refractivity contribution < 1.29 is 4.79 Å². The standard InChI is InChI=1S/C17H18ClN5OS/c1-11(7-8-12-5-3-2-4-6-12)21-13(24)9-25-16-14-15(20-10-19-14)22-17(18)23-16/h2-6,10-11H,7-9H2,1H3,(H,21,24)(H,19,20,22,23). The van der Waals surface area contributed by atoms with Gasteiger partial charge in [0.1, 0.15) is 10.5 Å². The maximum atomic E-state index is 12.2. The molecule has 1 unspecified atom stereocenters. The van der Waals surface area contributed by atoms with Gasteiger partial charge in [0.25, 0.3) is 0 Å². The monoisotopic (exact) mass is 375 g/mol. The van der Waals surface area contributed by atoms with E-state index in [9.17, 15) is 4.79 Å². The number of thioether (sulfide) groups is 1. The zero-order valence-electron chi connectivity index (χ0n) is 13.7. The third-order valence-corrected chi connectivity index (χ3v) is 4.83. The smallest absolute Gasteiger partial charge is 0.230 e. The number of rotatable bonds is 7. The molecule has 2 heterocycles. The number of aromatic nitrogens is 4. The molecule has 0 bridgehead atoms. The minimum Gasteiger partial charge on any atom is -0.353 e. The second-order valence-corrected chi connectivity index (χ2v) is 6.98. The van der Waals surface area contributed by atoms with Crippen molar-refractivity contribution in [2.75, 3.05) is 5.75 Å². The summed E-state index contributed by atoms with van der Waals surface area (Å²) in [5.41, 5.74) is 2.47. The summed E-state index contributed by atoms with van der Waals surface area (Å²) >= 11 is 7.20. The van der Waals surface area contributed by atoms with Crippen LogP contribution in [0.4, 0.5) is 0 Å². The van der Waals surface area contributed by atoms with Gasteiger partial charge in [0.05, 0.1) is 12.1 Å². The van der Waals surface area contributed by atoms with Crippen molar-refractivity contribution in [1.29, 1.82) is 0 Å². The Morgan fingerprint density at radius 3 is 2.92 bits per heavy atom. The first-order valence-corrected chi connectivity index (χ1v) is 9.31. The number of benzene rings is 1. The van der Waals surface area contributed by atoms with Crippen LogP contribution in [0, 0.1) is 0 Å². The molecule has 25 heavy (non-hydrogen) atoms. The summed E-state index contributed by atoms with van der Waals surface area (Å²) in [5.74, 6) is 0.227. The number of hydrogen-bond acceptors (Lipinski definition) is 5. The number of amides is 1. The van der Waals surface area contributed by atoms with Crippen molar-refractivity contribution in [3.63, 3.8) is 0 Å².